The average molecular weight is 431 g/mol. The van der Waals surface area contributed by atoms with E-state index >= 15 is 0 Å². The molecular formula is C22H30N4O5. The second kappa shape index (κ2) is 11.7. The van der Waals surface area contributed by atoms with E-state index in [1.165, 1.54) is 6.07 Å². The summed E-state index contributed by atoms with van der Waals surface area (Å²) in [5.74, 6) is -1.15. The zero-order valence-electron chi connectivity index (χ0n) is 18.0. The monoisotopic (exact) mass is 430 g/mol. The smallest absolute Gasteiger partial charge is 0.336 e. The van der Waals surface area contributed by atoms with Crippen molar-refractivity contribution in [1.82, 2.24) is 10.6 Å². The van der Waals surface area contributed by atoms with Crippen LogP contribution in [-0.2, 0) is 20.8 Å². The van der Waals surface area contributed by atoms with E-state index in [1.54, 1.807) is 6.07 Å². The number of carbonyl (C=O) groups is 3. The van der Waals surface area contributed by atoms with Gasteiger partial charge in [-0.2, -0.15) is 0 Å². The number of carbonyl (C=O) groups excluding carboxylic acids is 3. The number of unbranched alkanes of at least 4 members (excludes halogenated alkanes) is 3. The zero-order chi connectivity index (χ0) is 22.8. The molecule has 9 heteroatoms. The molecule has 0 unspecified atom stereocenters. The maximum absolute atomic E-state index is 12.3. The minimum Gasteiger partial charge on any atom is -0.423 e. The molecule has 0 atom stereocenters. The summed E-state index contributed by atoms with van der Waals surface area (Å²) < 4.78 is 5.29. The first-order valence-corrected chi connectivity index (χ1v) is 10.3. The van der Waals surface area contributed by atoms with Crippen LogP contribution in [0, 0.1) is 0 Å². The van der Waals surface area contributed by atoms with Gasteiger partial charge < -0.3 is 25.7 Å². The fourth-order valence-corrected chi connectivity index (χ4v) is 3.16. The van der Waals surface area contributed by atoms with Gasteiger partial charge in [0.25, 0.3) is 0 Å². The first-order chi connectivity index (χ1) is 14.8. The molecule has 1 heterocycles. The molecule has 3 amide bonds. The summed E-state index contributed by atoms with van der Waals surface area (Å²) in [6.07, 6.45) is 3.21. The minimum atomic E-state index is -0.643. The van der Waals surface area contributed by atoms with Gasteiger partial charge in [0.2, 0.25) is 17.7 Å². The topological polar surface area (TPSA) is 135 Å². The predicted octanol–water partition coefficient (Wildman–Crippen LogP) is 1.07. The van der Waals surface area contributed by atoms with Gasteiger partial charge in [0.1, 0.15) is 12.0 Å². The Hall–Kier alpha value is -3.36. The normalized spacial score (nSPS) is 10.6. The lowest BCUT2D eigenvalue weighted by Crippen LogP contribution is -2.29. The number of amides is 3. The minimum absolute atomic E-state index is 0.106. The summed E-state index contributed by atoms with van der Waals surface area (Å²) in [6.45, 7) is 1.04. The maximum Gasteiger partial charge on any atom is 0.336 e. The van der Waals surface area contributed by atoms with E-state index in [1.807, 2.05) is 31.1 Å². The van der Waals surface area contributed by atoms with E-state index in [2.05, 4.69) is 10.6 Å². The van der Waals surface area contributed by atoms with Crippen LogP contribution in [0.3, 0.4) is 0 Å². The molecule has 2 rings (SSSR count). The van der Waals surface area contributed by atoms with Crippen molar-refractivity contribution in [2.45, 2.75) is 38.5 Å². The molecule has 9 nitrogen and oxygen atoms in total. The van der Waals surface area contributed by atoms with E-state index in [0.29, 0.717) is 24.2 Å². The van der Waals surface area contributed by atoms with Crippen LogP contribution in [0.1, 0.15) is 37.7 Å². The predicted molar refractivity (Wildman–Crippen MR) is 119 cm³/mol. The molecule has 2 aromatic rings. The van der Waals surface area contributed by atoms with Crippen molar-refractivity contribution in [1.29, 1.82) is 0 Å². The summed E-state index contributed by atoms with van der Waals surface area (Å²) in [5.41, 5.74) is 6.48. The molecule has 31 heavy (non-hydrogen) atoms. The molecule has 0 aliphatic heterocycles. The highest BCUT2D eigenvalue weighted by atomic mass is 16.4. The lowest BCUT2D eigenvalue weighted by atomic mass is 10.1. The van der Waals surface area contributed by atoms with Gasteiger partial charge in [-0.05, 0) is 30.5 Å². The molecule has 0 saturated carbocycles. The van der Waals surface area contributed by atoms with Crippen molar-refractivity contribution in [3.05, 3.63) is 40.2 Å². The van der Waals surface area contributed by atoms with Gasteiger partial charge in [0, 0.05) is 50.4 Å². The van der Waals surface area contributed by atoms with E-state index in [9.17, 15) is 19.2 Å². The second-order valence-corrected chi connectivity index (χ2v) is 7.60. The lowest BCUT2D eigenvalue weighted by molar-refractivity contribution is -0.127. The summed E-state index contributed by atoms with van der Waals surface area (Å²) in [6, 6.07) is 6.93. The first-order valence-electron chi connectivity index (χ1n) is 10.3. The Morgan fingerprint density at radius 3 is 2.23 bits per heavy atom. The molecule has 4 N–H and O–H groups in total. The van der Waals surface area contributed by atoms with Gasteiger partial charge in [-0.3, -0.25) is 14.4 Å². The highest BCUT2D eigenvalue weighted by molar-refractivity contribution is 5.96. The molecule has 0 aliphatic rings. The van der Waals surface area contributed by atoms with Gasteiger partial charge in [-0.15, -0.1) is 0 Å². The summed E-state index contributed by atoms with van der Waals surface area (Å²) in [5, 5.41) is 6.26. The van der Waals surface area contributed by atoms with E-state index in [0.717, 1.165) is 36.8 Å². The van der Waals surface area contributed by atoms with E-state index < -0.39 is 11.5 Å². The third-order valence-electron chi connectivity index (χ3n) is 4.76. The molecule has 0 fully saturated rings. The van der Waals surface area contributed by atoms with Crippen LogP contribution >= 0.6 is 0 Å². The number of rotatable bonds is 12. The van der Waals surface area contributed by atoms with Crippen molar-refractivity contribution in [2.24, 2.45) is 5.73 Å². The van der Waals surface area contributed by atoms with E-state index in [-0.39, 0.29) is 24.7 Å². The van der Waals surface area contributed by atoms with Crippen molar-refractivity contribution < 1.29 is 18.8 Å². The lowest BCUT2D eigenvalue weighted by Gasteiger charge is -2.13. The van der Waals surface area contributed by atoms with Gasteiger partial charge >= 0.3 is 5.63 Å². The van der Waals surface area contributed by atoms with Crippen LogP contribution in [0.4, 0.5) is 5.69 Å². The van der Waals surface area contributed by atoms with Crippen molar-refractivity contribution >= 4 is 34.4 Å². The third kappa shape index (κ3) is 8.12. The molecular weight excluding hydrogens is 400 g/mol. The van der Waals surface area contributed by atoms with Crippen molar-refractivity contribution in [2.75, 3.05) is 32.1 Å². The van der Waals surface area contributed by atoms with Crippen LogP contribution < -0.4 is 26.9 Å². The molecule has 0 spiro atoms. The van der Waals surface area contributed by atoms with Crippen molar-refractivity contribution in [3.63, 3.8) is 0 Å². The number of benzene rings is 1. The standard InChI is InChI=1S/C22H30N4O5/c1-26(2)16-7-8-17-15(12-22(30)31-18(17)13-16)11-20(28)24-9-5-3-4-6-10-25-21(29)14-19(23)27/h7-8,12-13H,3-6,9-11,14H2,1-2H3,(H2,23,27)(H,24,28)(H,25,29). The molecule has 168 valence electrons. The van der Waals surface area contributed by atoms with Gasteiger partial charge in [0.15, 0.2) is 0 Å². The number of nitrogens with two attached hydrogens (primary N) is 1. The number of fused-ring (bicyclic) bond motifs is 1. The molecule has 1 aromatic heterocycles. The molecule has 0 radical (unpaired) electrons. The van der Waals surface area contributed by atoms with Crippen LogP contribution in [0.2, 0.25) is 0 Å². The first kappa shape index (κ1) is 23.9. The SMILES string of the molecule is CN(C)c1ccc2c(CC(=O)NCCCCCCNC(=O)CC(N)=O)cc(=O)oc2c1. The largest absolute Gasteiger partial charge is 0.423 e. The number of nitrogens with one attached hydrogen (secondary N) is 2. The van der Waals surface area contributed by atoms with Crippen molar-refractivity contribution in [3.8, 4) is 0 Å². The Morgan fingerprint density at radius 1 is 0.968 bits per heavy atom. The summed E-state index contributed by atoms with van der Waals surface area (Å²) in [7, 11) is 3.80. The molecule has 1 aromatic carbocycles. The number of primary amides is 1. The van der Waals surface area contributed by atoms with Crippen LogP contribution in [0.5, 0.6) is 0 Å². The Kier molecular flexibility index (Phi) is 9.05. The van der Waals surface area contributed by atoms with Gasteiger partial charge in [-0.25, -0.2) is 4.79 Å². The number of nitrogens with zero attached hydrogens (tertiary/aromatic N) is 1. The number of anilines is 1. The maximum atomic E-state index is 12.3. The van der Waals surface area contributed by atoms with Crippen LogP contribution in [-0.4, -0.2) is 44.9 Å². The molecule has 0 aliphatic carbocycles. The average Bonchev–Trinajstić information content (AvgIpc) is 2.68. The third-order valence-corrected chi connectivity index (χ3v) is 4.76. The highest BCUT2D eigenvalue weighted by Crippen LogP contribution is 2.23. The quantitative estimate of drug-likeness (QED) is 0.262. The Morgan fingerprint density at radius 2 is 1.61 bits per heavy atom. The fourth-order valence-electron chi connectivity index (χ4n) is 3.16. The van der Waals surface area contributed by atoms with Gasteiger partial charge in [-0.1, -0.05) is 12.8 Å². The molecule has 0 bridgehead atoms. The summed E-state index contributed by atoms with van der Waals surface area (Å²) >= 11 is 0. The van der Waals surface area contributed by atoms with Gasteiger partial charge in [0.05, 0.1) is 6.42 Å². The fraction of sp³-hybridized carbons (Fsp3) is 0.455. The number of hydrogen-bond donors (Lipinski definition) is 3. The Labute approximate surface area is 181 Å². The van der Waals surface area contributed by atoms with Crippen LogP contribution in [0.15, 0.2) is 33.5 Å². The molecule has 0 saturated heterocycles. The van der Waals surface area contributed by atoms with E-state index in [4.69, 9.17) is 10.2 Å². The van der Waals surface area contributed by atoms with Crippen LogP contribution in [0.25, 0.3) is 11.0 Å². The number of hydrogen-bond acceptors (Lipinski definition) is 6. The second-order valence-electron chi connectivity index (χ2n) is 7.60. The zero-order valence-corrected chi connectivity index (χ0v) is 18.0. The summed E-state index contributed by atoms with van der Waals surface area (Å²) in [4.78, 5) is 48.0. The Bertz CT molecular complexity index is 984. The Balaban J connectivity index is 1.73. The highest BCUT2D eigenvalue weighted by Gasteiger charge is 2.11.